The number of hydrogen-bond donors (Lipinski definition) is 2. The van der Waals surface area contributed by atoms with Gasteiger partial charge in [0.15, 0.2) is 0 Å². The number of fused-ring (bicyclic) bond motifs is 1. The quantitative estimate of drug-likeness (QED) is 0.866. The predicted molar refractivity (Wildman–Crippen MR) is 68.3 cm³/mol. The minimum Gasteiger partial charge on any atom is -0.453 e. The number of carbonyl (C=O) groups is 1. The van der Waals surface area contributed by atoms with Crippen molar-refractivity contribution < 1.29 is 14.6 Å². The van der Waals surface area contributed by atoms with E-state index >= 15 is 0 Å². The van der Waals surface area contributed by atoms with E-state index in [2.05, 4.69) is 10.1 Å². The molecule has 0 radical (unpaired) electrons. The lowest BCUT2D eigenvalue weighted by atomic mass is 10.1. The Morgan fingerprint density at radius 1 is 1.50 bits per heavy atom. The number of nitrogens with zero attached hydrogens (tertiary/aromatic N) is 1. The van der Waals surface area contributed by atoms with E-state index < -0.39 is 12.2 Å². The second-order valence-electron chi connectivity index (χ2n) is 4.13. The normalized spacial score (nSPS) is 12.4. The number of rotatable bonds is 3. The Kier molecular flexibility index (Phi) is 3.53. The summed E-state index contributed by atoms with van der Waals surface area (Å²) in [6.07, 6.45) is 0.677. The van der Waals surface area contributed by atoms with Gasteiger partial charge < -0.3 is 19.7 Å². The van der Waals surface area contributed by atoms with Gasteiger partial charge in [-0.25, -0.2) is 4.79 Å². The van der Waals surface area contributed by atoms with Crippen LogP contribution in [0, 0.1) is 0 Å². The molecule has 2 rings (SSSR count). The van der Waals surface area contributed by atoms with Gasteiger partial charge in [0.1, 0.15) is 0 Å². The fourth-order valence-corrected chi connectivity index (χ4v) is 1.88. The van der Waals surface area contributed by atoms with Crippen molar-refractivity contribution in [1.82, 2.24) is 9.88 Å². The Bertz CT molecular complexity index is 562. The molecule has 0 aliphatic rings. The van der Waals surface area contributed by atoms with Gasteiger partial charge in [0.05, 0.1) is 19.8 Å². The van der Waals surface area contributed by atoms with Crippen molar-refractivity contribution in [3.63, 3.8) is 0 Å². The first-order valence-electron chi connectivity index (χ1n) is 5.66. The lowest BCUT2D eigenvalue weighted by Gasteiger charge is -2.12. The number of hydrogen-bond acceptors (Lipinski definition) is 3. The van der Waals surface area contributed by atoms with Crippen molar-refractivity contribution in [2.75, 3.05) is 13.7 Å². The maximum Gasteiger partial charge on any atom is 0.406 e. The van der Waals surface area contributed by atoms with Crippen LogP contribution in [-0.4, -0.2) is 29.4 Å². The number of alkyl carbamates (subject to hydrolysis) is 1. The fraction of sp³-hybridized carbons (Fsp3) is 0.308. The monoisotopic (exact) mass is 248 g/mol. The summed E-state index contributed by atoms with van der Waals surface area (Å²) in [5, 5.41) is 13.5. The molecular formula is C13H16N2O3. The number of carbonyl (C=O) groups excluding carboxylic acids is 1. The van der Waals surface area contributed by atoms with E-state index in [1.807, 2.05) is 42.1 Å². The molecule has 0 saturated carbocycles. The van der Waals surface area contributed by atoms with Gasteiger partial charge in [-0.05, 0) is 29.1 Å². The van der Waals surface area contributed by atoms with E-state index in [4.69, 9.17) is 0 Å². The summed E-state index contributed by atoms with van der Waals surface area (Å²) in [6, 6.07) is 7.70. The van der Waals surface area contributed by atoms with E-state index in [1.165, 1.54) is 7.11 Å². The topological polar surface area (TPSA) is 63.5 Å². The molecule has 5 nitrogen and oxygen atoms in total. The Morgan fingerprint density at radius 3 is 3.00 bits per heavy atom. The van der Waals surface area contributed by atoms with Crippen LogP contribution >= 0.6 is 0 Å². The van der Waals surface area contributed by atoms with Crippen LogP contribution in [0.3, 0.4) is 0 Å². The van der Waals surface area contributed by atoms with Crippen LogP contribution in [0.2, 0.25) is 0 Å². The highest BCUT2D eigenvalue weighted by atomic mass is 16.5. The molecule has 1 atom stereocenters. The minimum atomic E-state index is -0.742. The molecule has 18 heavy (non-hydrogen) atoms. The number of nitrogens with one attached hydrogen (secondary N) is 1. The van der Waals surface area contributed by atoms with Gasteiger partial charge in [-0.1, -0.05) is 6.07 Å². The van der Waals surface area contributed by atoms with Crippen LogP contribution < -0.4 is 5.32 Å². The molecule has 96 valence electrons. The SMILES string of the molecule is COC(=O)NC[C@@H](O)c1ccc2c(ccn2C)c1. The third kappa shape index (κ3) is 2.46. The number of aliphatic hydroxyl groups excluding tert-OH is 1. The summed E-state index contributed by atoms with van der Waals surface area (Å²) >= 11 is 0. The third-order valence-electron chi connectivity index (χ3n) is 2.92. The highest BCUT2D eigenvalue weighted by molar-refractivity contribution is 5.80. The van der Waals surface area contributed by atoms with Crippen molar-refractivity contribution in [2.45, 2.75) is 6.10 Å². The van der Waals surface area contributed by atoms with Gasteiger partial charge in [0, 0.05) is 18.8 Å². The molecule has 5 heteroatoms. The van der Waals surface area contributed by atoms with Crippen molar-refractivity contribution in [2.24, 2.45) is 7.05 Å². The minimum absolute atomic E-state index is 0.130. The standard InChI is InChI=1S/C13H16N2O3/c1-15-6-5-9-7-10(3-4-11(9)15)12(16)8-14-13(17)18-2/h3-7,12,16H,8H2,1-2H3,(H,14,17)/t12-/m1/s1. The number of benzene rings is 1. The maximum atomic E-state index is 10.9. The highest BCUT2D eigenvalue weighted by Crippen LogP contribution is 2.20. The van der Waals surface area contributed by atoms with Crippen LogP contribution in [0.1, 0.15) is 11.7 Å². The average Bonchev–Trinajstić information content (AvgIpc) is 2.76. The molecule has 1 amide bonds. The van der Waals surface area contributed by atoms with Crippen LogP contribution in [0.25, 0.3) is 10.9 Å². The largest absolute Gasteiger partial charge is 0.453 e. The molecule has 0 aliphatic heterocycles. The first kappa shape index (κ1) is 12.4. The van der Waals surface area contributed by atoms with E-state index in [9.17, 15) is 9.90 Å². The third-order valence-corrected chi connectivity index (χ3v) is 2.92. The van der Waals surface area contributed by atoms with Crippen molar-refractivity contribution >= 4 is 17.0 Å². The fourth-order valence-electron chi connectivity index (χ4n) is 1.88. The maximum absolute atomic E-state index is 10.9. The lowest BCUT2D eigenvalue weighted by Crippen LogP contribution is -2.28. The average molecular weight is 248 g/mol. The van der Waals surface area contributed by atoms with E-state index in [-0.39, 0.29) is 6.54 Å². The van der Waals surface area contributed by atoms with Crippen LogP contribution in [0.4, 0.5) is 4.79 Å². The zero-order valence-electron chi connectivity index (χ0n) is 10.4. The van der Waals surface area contributed by atoms with Gasteiger partial charge in [-0.2, -0.15) is 0 Å². The molecule has 0 fully saturated rings. The number of amides is 1. The Hall–Kier alpha value is -2.01. The van der Waals surface area contributed by atoms with E-state index in [0.29, 0.717) is 0 Å². The first-order valence-corrected chi connectivity index (χ1v) is 5.66. The Labute approximate surface area is 105 Å². The molecule has 1 aromatic heterocycles. The molecule has 0 unspecified atom stereocenters. The van der Waals surface area contributed by atoms with Crippen LogP contribution in [-0.2, 0) is 11.8 Å². The summed E-state index contributed by atoms with van der Waals surface area (Å²) in [5.41, 5.74) is 1.87. The second kappa shape index (κ2) is 5.10. The van der Waals surface area contributed by atoms with Gasteiger partial charge in [0.25, 0.3) is 0 Å². The van der Waals surface area contributed by atoms with E-state index in [1.54, 1.807) is 0 Å². The predicted octanol–water partition coefficient (Wildman–Crippen LogP) is 1.57. The first-order chi connectivity index (χ1) is 8.61. The Balaban J connectivity index is 2.12. The highest BCUT2D eigenvalue weighted by Gasteiger charge is 2.10. The van der Waals surface area contributed by atoms with Crippen molar-refractivity contribution in [3.8, 4) is 0 Å². The summed E-state index contributed by atoms with van der Waals surface area (Å²) in [6.45, 7) is 0.130. The molecule has 0 aliphatic carbocycles. The molecule has 2 aromatic rings. The molecule has 1 aromatic carbocycles. The molecule has 0 bridgehead atoms. The summed E-state index contributed by atoms with van der Waals surface area (Å²) in [7, 11) is 3.26. The molecule has 2 N–H and O–H groups in total. The van der Waals surface area contributed by atoms with Gasteiger partial charge >= 0.3 is 6.09 Å². The summed E-state index contributed by atoms with van der Waals surface area (Å²) in [5.74, 6) is 0. The second-order valence-corrected chi connectivity index (χ2v) is 4.13. The zero-order chi connectivity index (χ0) is 13.1. The van der Waals surface area contributed by atoms with Crippen LogP contribution in [0.5, 0.6) is 0 Å². The van der Waals surface area contributed by atoms with Gasteiger partial charge in [-0.15, -0.1) is 0 Å². The van der Waals surface area contributed by atoms with E-state index in [0.717, 1.165) is 16.5 Å². The Morgan fingerprint density at radius 2 is 2.28 bits per heavy atom. The summed E-state index contributed by atoms with van der Waals surface area (Å²) < 4.78 is 6.46. The number of methoxy groups -OCH3 is 1. The van der Waals surface area contributed by atoms with Gasteiger partial charge in [-0.3, -0.25) is 0 Å². The van der Waals surface area contributed by atoms with Gasteiger partial charge in [0.2, 0.25) is 0 Å². The molecule has 0 spiro atoms. The van der Waals surface area contributed by atoms with Crippen LogP contribution in [0.15, 0.2) is 30.5 Å². The summed E-state index contributed by atoms with van der Waals surface area (Å²) in [4.78, 5) is 10.9. The molecule has 1 heterocycles. The molecular weight excluding hydrogens is 232 g/mol. The lowest BCUT2D eigenvalue weighted by molar-refractivity contribution is 0.147. The number of aliphatic hydroxyl groups is 1. The zero-order valence-corrected chi connectivity index (χ0v) is 10.4. The van der Waals surface area contributed by atoms with Crippen molar-refractivity contribution in [3.05, 3.63) is 36.0 Å². The number of aryl methyl sites for hydroxylation is 1. The molecule has 0 saturated heterocycles. The smallest absolute Gasteiger partial charge is 0.406 e. The van der Waals surface area contributed by atoms with Crippen molar-refractivity contribution in [1.29, 1.82) is 0 Å². The number of ether oxygens (including phenoxy) is 1. The number of aromatic nitrogens is 1.